The van der Waals surface area contributed by atoms with Crippen molar-refractivity contribution in [2.45, 2.75) is 58.7 Å². The molecule has 1 saturated heterocycles. The summed E-state index contributed by atoms with van der Waals surface area (Å²) < 4.78 is 10.8. The minimum atomic E-state index is -1.11. The Morgan fingerprint density at radius 3 is 2.80 bits per heavy atom. The van der Waals surface area contributed by atoms with Gasteiger partial charge in [0.25, 0.3) is 0 Å². The van der Waals surface area contributed by atoms with Crippen LogP contribution in [0.25, 0.3) is 0 Å². The smallest absolute Gasteiger partial charge is 0.309 e. The lowest BCUT2D eigenvalue weighted by Crippen LogP contribution is -2.62. The molecule has 1 aromatic heterocycles. The van der Waals surface area contributed by atoms with E-state index < -0.39 is 11.5 Å². The minimum absolute atomic E-state index is 0.0739. The molecule has 1 aliphatic heterocycles. The molecule has 1 aromatic rings. The van der Waals surface area contributed by atoms with E-state index >= 15 is 0 Å². The van der Waals surface area contributed by atoms with Crippen molar-refractivity contribution in [1.82, 2.24) is 0 Å². The number of hydrogen-bond donors (Lipinski definition) is 1. The van der Waals surface area contributed by atoms with Gasteiger partial charge < -0.3 is 14.3 Å². The number of carbonyl (C=O) groups is 2. The Kier molecular flexibility index (Phi) is 3.66. The van der Waals surface area contributed by atoms with Crippen molar-refractivity contribution in [3.8, 4) is 0 Å². The van der Waals surface area contributed by atoms with Crippen LogP contribution in [0.1, 0.15) is 56.8 Å². The molecule has 2 aliphatic carbocycles. The molecule has 0 unspecified atom stereocenters. The molecule has 0 amide bonds. The summed E-state index contributed by atoms with van der Waals surface area (Å²) >= 11 is 0. The third-order valence-electron chi connectivity index (χ3n) is 7.75. The average Bonchev–Trinajstić information content (AvgIpc) is 3.19. The molecule has 7 atom stereocenters. The van der Waals surface area contributed by atoms with Crippen molar-refractivity contribution in [3.63, 3.8) is 0 Å². The molecule has 2 saturated carbocycles. The fourth-order valence-corrected chi connectivity index (χ4v) is 6.07. The van der Waals surface area contributed by atoms with Crippen LogP contribution in [-0.2, 0) is 9.53 Å². The number of esters is 1. The highest BCUT2D eigenvalue weighted by Gasteiger charge is 2.68. The number of aliphatic hydroxyl groups is 1. The lowest BCUT2D eigenvalue weighted by molar-refractivity contribution is -0.165. The Hall–Kier alpha value is -1.62. The maximum Gasteiger partial charge on any atom is 0.309 e. The first-order chi connectivity index (χ1) is 11.8. The van der Waals surface area contributed by atoms with Crippen LogP contribution >= 0.6 is 0 Å². The van der Waals surface area contributed by atoms with E-state index in [0.717, 1.165) is 19.3 Å². The number of ketones is 1. The second-order valence-electron chi connectivity index (χ2n) is 8.61. The first kappa shape index (κ1) is 16.8. The number of hydrogen-bond acceptors (Lipinski definition) is 5. The normalized spacial score (nSPS) is 44.1. The summed E-state index contributed by atoms with van der Waals surface area (Å²) in [7, 11) is 0. The standard InChI is InChI=1S/C20H26O5/c1-11-9-15-20(3)13(18(23)25-15)5-4-6-14(20)19(11,2)17(22)16(21)12-7-8-24-10-12/h7-8,10-11,13-15,17,22H,4-6,9H2,1-3H3/t11-,13+,14-,15+,17-,19-,20+/m1/s1. The Morgan fingerprint density at radius 1 is 1.36 bits per heavy atom. The Labute approximate surface area is 147 Å². The van der Waals surface area contributed by atoms with Crippen molar-refractivity contribution >= 4 is 11.8 Å². The maximum absolute atomic E-state index is 12.9. The molecular formula is C20H26O5. The molecule has 0 aromatic carbocycles. The van der Waals surface area contributed by atoms with Crippen molar-refractivity contribution in [2.75, 3.05) is 0 Å². The van der Waals surface area contributed by atoms with Gasteiger partial charge in [-0.2, -0.15) is 0 Å². The molecule has 5 heteroatoms. The maximum atomic E-state index is 12.9. The Balaban J connectivity index is 1.75. The predicted molar refractivity (Wildman–Crippen MR) is 89.8 cm³/mol. The number of ether oxygens (including phenoxy) is 1. The largest absolute Gasteiger partial charge is 0.472 e. The van der Waals surface area contributed by atoms with Crippen LogP contribution in [0.4, 0.5) is 0 Å². The summed E-state index contributed by atoms with van der Waals surface area (Å²) in [6, 6.07) is 1.60. The van der Waals surface area contributed by atoms with Gasteiger partial charge in [-0.3, -0.25) is 9.59 Å². The summed E-state index contributed by atoms with van der Waals surface area (Å²) in [6.45, 7) is 6.23. The van der Waals surface area contributed by atoms with Crippen LogP contribution in [-0.4, -0.2) is 29.1 Å². The summed E-state index contributed by atoms with van der Waals surface area (Å²) in [4.78, 5) is 25.3. The van der Waals surface area contributed by atoms with E-state index in [0.29, 0.717) is 12.0 Å². The van der Waals surface area contributed by atoms with Crippen LogP contribution in [0.5, 0.6) is 0 Å². The van der Waals surface area contributed by atoms with Crippen molar-refractivity contribution in [2.24, 2.45) is 28.6 Å². The topological polar surface area (TPSA) is 76.7 Å². The molecule has 5 nitrogen and oxygen atoms in total. The van der Waals surface area contributed by atoms with E-state index in [-0.39, 0.29) is 41.0 Å². The second-order valence-corrected chi connectivity index (χ2v) is 8.61. The Bertz CT molecular complexity index is 695. The van der Waals surface area contributed by atoms with Crippen LogP contribution in [0.3, 0.4) is 0 Å². The number of furan rings is 1. The van der Waals surface area contributed by atoms with Gasteiger partial charge in [-0.05, 0) is 37.2 Å². The molecule has 2 heterocycles. The fraction of sp³-hybridized carbons (Fsp3) is 0.700. The molecule has 1 N–H and O–H groups in total. The van der Waals surface area contributed by atoms with Crippen molar-refractivity contribution in [3.05, 3.63) is 24.2 Å². The molecule has 3 aliphatic rings. The van der Waals surface area contributed by atoms with Gasteiger partial charge in [0.15, 0.2) is 5.78 Å². The zero-order chi connectivity index (χ0) is 18.0. The summed E-state index contributed by atoms with van der Waals surface area (Å²) in [5.74, 6) is -0.350. The summed E-state index contributed by atoms with van der Waals surface area (Å²) in [5, 5.41) is 11.1. The second kappa shape index (κ2) is 5.44. The summed E-state index contributed by atoms with van der Waals surface area (Å²) in [5.41, 5.74) is -0.486. The van der Waals surface area contributed by atoms with Gasteiger partial charge in [0.1, 0.15) is 18.5 Å². The van der Waals surface area contributed by atoms with Gasteiger partial charge in [-0.1, -0.05) is 27.2 Å². The first-order valence-electron chi connectivity index (χ1n) is 9.26. The van der Waals surface area contributed by atoms with Crippen molar-refractivity contribution in [1.29, 1.82) is 0 Å². The van der Waals surface area contributed by atoms with Crippen LogP contribution in [0.15, 0.2) is 23.0 Å². The molecule has 25 heavy (non-hydrogen) atoms. The van der Waals surface area contributed by atoms with Gasteiger partial charge in [0.05, 0.1) is 17.7 Å². The van der Waals surface area contributed by atoms with E-state index in [4.69, 9.17) is 9.15 Å². The third kappa shape index (κ3) is 2.05. The lowest BCUT2D eigenvalue weighted by atomic mass is 9.44. The number of carbonyl (C=O) groups excluding carboxylic acids is 2. The van der Waals surface area contributed by atoms with E-state index in [1.165, 1.54) is 12.5 Å². The average molecular weight is 346 g/mol. The Morgan fingerprint density at radius 2 is 2.12 bits per heavy atom. The molecule has 0 spiro atoms. The van der Waals surface area contributed by atoms with Crippen LogP contribution in [0.2, 0.25) is 0 Å². The highest BCUT2D eigenvalue weighted by molar-refractivity contribution is 5.99. The summed E-state index contributed by atoms with van der Waals surface area (Å²) in [6.07, 6.45) is 5.01. The minimum Gasteiger partial charge on any atom is -0.472 e. The number of aliphatic hydroxyl groups excluding tert-OH is 1. The van der Waals surface area contributed by atoms with E-state index in [1.807, 2.05) is 6.92 Å². The number of Topliss-reactive ketones (excluding diaryl/α,β-unsaturated/α-hetero) is 1. The first-order valence-corrected chi connectivity index (χ1v) is 9.26. The fourth-order valence-electron chi connectivity index (χ4n) is 6.07. The molecule has 3 fully saturated rings. The molecule has 136 valence electrons. The molecule has 4 rings (SSSR count). The molecule has 0 bridgehead atoms. The predicted octanol–water partition coefficient (Wildman–Crippen LogP) is 3.22. The van der Waals surface area contributed by atoms with Crippen LogP contribution < -0.4 is 0 Å². The monoisotopic (exact) mass is 346 g/mol. The van der Waals surface area contributed by atoms with Crippen LogP contribution in [0, 0.1) is 28.6 Å². The van der Waals surface area contributed by atoms with Gasteiger partial charge in [-0.15, -0.1) is 0 Å². The van der Waals surface area contributed by atoms with E-state index in [1.54, 1.807) is 6.07 Å². The van der Waals surface area contributed by atoms with E-state index in [9.17, 15) is 14.7 Å². The highest BCUT2D eigenvalue weighted by Crippen LogP contribution is 2.66. The van der Waals surface area contributed by atoms with Crippen molar-refractivity contribution < 1.29 is 23.8 Å². The molecule has 0 radical (unpaired) electrons. The van der Waals surface area contributed by atoms with Gasteiger partial charge in [-0.25, -0.2) is 0 Å². The third-order valence-corrected chi connectivity index (χ3v) is 7.75. The quantitative estimate of drug-likeness (QED) is 0.672. The molecular weight excluding hydrogens is 320 g/mol. The highest BCUT2D eigenvalue weighted by atomic mass is 16.6. The zero-order valence-corrected chi connectivity index (χ0v) is 15.0. The number of rotatable bonds is 3. The van der Waals surface area contributed by atoms with Gasteiger partial charge >= 0.3 is 5.97 Å². The SMILES string of the molecule is C[C@@H]1C[C@@H]2OC(=O)[C@@H]3CCC[C@H]([C@]1(C)[C@H](O)C(=O)c1ccoc1)[C@@]23C. The van der Waals surface area contributed by atoms with E-state index in [2.05, 4.69) is 13.8 Å². The zero-order valence-electron chi connectivity index (χ0n) is 15.0. The van der Waals surface area contributed by atoms with Gasteiger partial charge in [0, 0.05) is 10.8 Å². The lowest BCUT2D eigenvalue weighted by Gasteiger charge is -2.59. The van der Waals surface area contributed by atoms with Gasteiger partial charge in [0.2, 0.25) is 0 Å².